The van der Waals surface area contributed by atoms with Crippen molar-refractivity contribution in [2.24, 2.45) is 0 Å². The minimum Gasteiger partial charge on any atom is -0.282 e. The summed E-state index contributed by atoms with van der Waals surface area (Å²) >= 11 is 6.10. The van der Waals surface area contributed by atoms with Crippen molar-refractivity contribution in [1.82, 2.24) is 10.2 Å². The molecule has 0 spiro atoms. The predicted molar refractivity (Wildman–Crippen MR) is 73.7 cm³/mol. The molecule has 0 aliphatic heterocycles. The molecule has 2 N–H and O–H groups in total. The molecule has 0 saturated carbocycles. The number of nitrogens with one attached hydrogen (secondary N) is 2. The fourth-order valence-corrected chi connectivity index (χ4v) is 3.18. The number of alkyl halides is 1. The van der Waals surface area contributed by atoms with Crippen LogP contribution in [0.3, 0.4) is 0 Å². The molecule has 1 aromatic carbocycles. The molecule has 19 heavy (non-hydrogen) atoms. The Balaban J connectivity index is 2.18. The summed E-state index contributed by atoms with van der Waals surface area (Å²) in [6.45, 7) is -0.517. The molecule has 104 valence electrons. The van der Waals surface area contributed by atoms with E-state index in [0.29, 0.717) is 16.1 Å². The number of benzene rings is 1. The highest BCUT2D eigenvalue weighted by molar-refractivity contribution is 7.92. The fraction of sp³-hybridized carbons (Fsp3) is 0.364. The Hall–Kier alpha value is -1.34. The van der Waals surface area contributed by atoms with Gasteiger partial charge in [-0.3, -0.25) is 14.2 Å². The molecule has 2 aromatic rings. The Labute approximate surface area is 115 Å². The first-order valence-corrected chi connectivity index (χ1v) is 7.74. The van der Waals surface area contributed by atoms with Crippen LogP contribution in [0.1, 0.15) is 12.8 Å². The van der Waals surface area contributed by atoms with Crippen LogP contribution in [0.2, 0.25) is 5.02 Å². The molecule has 0 saturated heterocycles. The van der Waals surface area contributed by atoms with Gasteiger partial charge in [0.05, 0.1) is 34.9 Å². The van der Waals surface area contributed by atoms with Crippen LogP contribution in [0.25, 0.3) is 10.9 Å². The number of hydrogen-bond donors (Lipinski definition) is 2. The highest BCUT2D eigenvalue weighted by Crippen LogP contribution is 2.30. The van der Waals surface area contributed by atoms with Crippen molar-refractivity contribution >= 4 is 38.2 Å². The van der Waals surface area contributed by atoms with Gasteiger partial charge in [0.25, 0.3) is 0 Å². The zero-order chi connectivity index (χ0) is 13.9. The monoisotopic (exact) mass is 305 g/mol. The van der Waals surface area contributed by atoms with E-state index in [1.807, 2.05) is 0 Å². The molecule has 0 aliphatic carbocycles. The summed E-state index contributed by atoms with van der Waals surface area (Å²) < 4.78 is 37.9. The normalized spacial score (nSPS) is 11.9. The molecule has 2 rings (SSSR count). The summed E-state index contributed by atoms with van der Waals surface area (Å²) in [5, 5.41) is 7.51. The average Bonchev–Trinajstić information content (AvgIpc) is 2.82. The second-order valence-corrected chi connectivity index (χ2v) is 6.30. The van der Waals surface area contributed by atoms with E-state index in [2.05, 4.69) is 14.9 Å². The maximum atomic E-state index is 12.0. The smallest absolute Gasteiger partial charge is 0.232 e. The molecule has 1 aromatic heterocycles. The second kappa shape index (κ2) is 5.75. The Morgan fingerprint density at radius 3 is 2.89 bits per heavy atom. The fourth-order valence-electron chi connectivity index (χ4n) is 1.67. The van der Waals surface area contributed by atoms with Crippen molar-refractivity contribution in [3.8, 4) is 0 Å². The number of sulfonamides is 1. The van der Waals surface area contributed by atoms with Gasteiger partial charge >= 0.3 is 0 Å². The van der Waals surface area contributed by atoms with Gasteiger partial charge in [0, 0.05) is 5.39 Å². The van der Waals surface area contributed by atoms with Gasteiger partial charge in [-0.25, -0.2) is 8.42 Å². The van der Waals surface area contributed by atoms with Crippen LogP contribution in [0, 0.1) is 0 Å². The third-order valence-electron chi connectivity index (χ3n) is 2.62. The molecule has 0 bridgehead atoms. The SMILES string of the molecule is O=S(=O)(CCCCF)Nc1ccc2[nH]ncc2c1Cl. The Morgan fingerprint density at radius 1 is 1.37 bits per heavy atom. The van der Waals surface area contributed by atoms with E-state index in [4.69, 9.17) is 11.6 Å². The van der Waals surface area contributed by atoms with Gasteiger partial charge in [0.2, 0.25) is 10.0 Å². The molecule has 0 amide bonds. The van der Waals surface area contributed by atoms with Crippen LogP contribution in [-0.2, 0) is 10.0 Å². The van der Waals surface area contributed by atoms with Crippen molar-refractivity contribution in [2.45, 2.75) is 12.8 Å². The lowest BCUT2D eigenvalue weighted by Crippen LogP contribution is -2.17. The average molecular weight is 306 g/mol. The number of rotatable bonds is 6. The lowest BCUT2D eigenvalue weighted by Gasteiger charge is -2.09. The van der Waals surface area contributed by atoms with Gasteiger partial charge in [-0.1, -0.05) is 11.6 Å². The molecule has 0 radical (unpaired) electrons. The van der Waals surface area contributed by atoms with Crippen LogP contribution in [0.15, 0.2) is 18.3 Å². The summed E-state index contributed by atoms with van der Waals surface area (Å²) in [5.74, 6) is -0.128. The molecular formula is C11H13ClFN3O2S. The number of unbranched alkanes of at least 4 members (excludes halogenated alkanes) is 1. The summed E-state index contributed by atoms with van der Waals surface area (Å²) in [6.07, 6.45) is 2.03. The standard InChI is InChI=1S/C11H13ClFN3O2S/c12-11-8-7-14-15-9(8)3-4-10(11)16-19(17,18)6-2-1-5-13/h3-4,7,16H,1-2,5-6H2,(H,14,15). The number of aromatic nitrogens is 2. The maximum absolute atomic E-state index is 12.0. The zero-order valence-electron chi connectivity index (χ0n) is 9.99. The first kappa shape index (κ1) is 14.1. The summed E-state index contributed by atoms with van der Waals surface area (Å²) in [7, 11) is -3.51. The van der Waals surface area contributed by atoms with Gasteiger partial charge in [0.1, 0.15) is 0 Å². The van der Waals surface area contributed by atoms with Crippen LogP contribution in [0.5, 0.6) is 0 Å². The quantitative estimate of drug-likeness (QED) is 0.806. The third kappa shape index (κ3) is 3.36. The number of halogens is 2. The lowest BCUT2D eigenvalue weighted by atomic mass is 10.2. The lowest BCUT2D eigenvalue weighted by molar-refractivity contribution is 0.468. The molecule has 1 heterocycles. The number of fused-ring (bicyclic) bond motifs is 1. The summed E-state index contributed by atoms with van der Waals surface area (Å²) in [4.78, 5) is 0. The van der Waals surface area contributed by atoms with E-state index in [9.17, 15) is 12.8 Å². The highest BCUT2D eigenvalue weighted by atomic mass is 35.5. The van der Waals surface area contributed by atoms with Crippen molar-refractivity contribution in [3.63, 3.8) is 0 Å². The van der Waals surface area contributed by atoms with Crippen molar-refractivity contribution in [1.29, 1.82) is 0 Å². The first-order chi connectivity index (χ1) is 9.03. The highest BCUT2D eigenvalue weighted by Gasteiger charge is 2.14. The van der Waals surface area contributed by atoms with Gasteiger partial charge < -0.3 is 0 Å². The van der Waals surface area contributed by atoms with Crippen molar-refractivity contribution in [2.75, 3.05) is 17.1 Å². The number of H-pyrrole nitrogens is 1. The Bertz CT molecular complexity index is 672. The van der Waals surface area contributed by atoms with Crippen LogP contribution in [-0.4, -0.2) is 31.0 Å². The van der Waals surface area contributed by atoms with E-state index in [-0.39, 0.29) is 18.6 Å². The largest absolute Gasteiger partial charge is 0.282 e. The van der Waals surface area contributed by atoms with Crippen LogP contribution in [0.4, 0.5) is 10.1 Å². The van der Waals surface area contributed by atoms with Crippen molar-refractivity contribution < 1.29 is 12.8 Å². The Kier molecular flexibility index (Phi) is 4.26. The van der Waals surface area contributed by atoms with Crippen molar-refractivity contribution in [3.05, 3.63) is 23.4 Å². The van der Waals surface area contributed by atoms with E-state index >= 15 is 0 Å². The van der Waals surface area contributed by atoms with E-state index < -0.39 is 16.7 Å². The topological polar surface area (TPSA) is 74.8 Å². The number of hydrogen-bond acceptors (Lipinski definition) is 3. The molecule has 0 atom stereocenters. The Morgan fingerprint density at radius 2 is 2.16 bits per heavy atom. The second-order valence-electron chi connectivity index (χ2n) is 4.08. The molecule has 5 nitrogen and oxygen atoms in total. The minimum absolute atomic E-state index is 0.128. The van der Waals surface area contributed by atoms with Crippen LogP contribution >= 0.6 is 11.6 Å². The van der Waals surface area contributed by atoms with Gasteiger partial charge in [-0.2, -0.15) is 5.10 Å². The van der Waals surface area contributed by atoms with E-state index in [1.165, 1.54) is 6.20 Å². The minimum atomic E-state index is -3.51. The van der Waals surface area contributed by atoms with E-state index in [1.54, 1.807) is 12.1 Å². The van der Waals surface area contributed by atoms with E-state index in [0.717, 1.165) is 5.52 Å². The molecule has 0 fully saturated rings. The zero-order valence-corrected chi connectivity index (χ0v) is 11.6. The first-order valence-electron chi connectivity index (χ1n) is 5.71. The molecule has 0 unspecified atom stereocenters. The molecule has 8 heteroatoms. The van der Waals surface area contributed by atoms with Gasteiger partial charge in [-0.05, 0) is 25.0 Å². The van der Waals surface area contributed by atoms with Gasteiger partial charge in [-0.15, -0.1) is 0 Å². The third-order valence-corrected chi connectivity index (χ3v) is 4.38. The number of nitrogens with zero attached hydrogens (tertiary/aromatic N) is 1. The predicted octanol–water partition coefficient (Wildman–Crippen LogP) is 2.71. The molecular weight excluding hydrogens is 293 g/mol. The summed E-state index contributed by atoms with van der Waals surface area (Å²) in [6, 6.07) is 3.25. The maximum Gasteiger partial charge on any atom is 0.232 e. The van der Waals surface area contributed by atoms with Crippen LogP contribution < -0.4 is 4.72 Å². The number of anilines is 1. The van der Waals surface area contributed by atoms with Gasteiger partial charge in [0.15, 0.2) is 0 Å². The number of aromatic amines is 1. The molecule has 0 aliphatic rings. The summed E-state index contributed by atoms with van der Waals surface area (Å²) in [5.41, 5.74) is 1.03.